The highest BCUT2D eigenvalue weighted by Crippen LogP contribution is 2.54. The van der Waals surface area contributed by atoms with E-state index in [0.29, 0.717) is 23.8 Å². The number of carbonyl (C=O) groups is 2. The van der Waals surface area contributed by atoms with E-state index in [2.05, 4.69) is 12.6 Å². The molecule has 172 valence electrons. The van der Waals surface area contributed by atoms with Gasteiger partial charge in [-0.2, -0.15) is 12.6 Å². The van der Waals surface area contributed by atoms with Gasteiger partial charge in [0, 0.05) is 17.9 Å². The molecular weight excluding hydrogens is 402 g/mol. The number of hydrogen-bond acceptors (Lipinski definition) is 6. The summed E-state index contributed by atoms with van der Waals surface area (Å²) in [4.78, 5) is 22.5. The number of thiol groups is 1. The average Bonchev–Trinajstić information content (AvgIpc) is 3.18. The molecule has 5 rings (SSSR count). The van der Waals surface area contributed by atoms with E-state index in [-0.39, 0.29) is 6.61 Å². The standard InChI is InChI=1S/C13H22O5S.C10H17N/c1-9(8-19)13(16)18-11(12(14)15)7-17-6-10-4-2-3-5-10;11-10-4-7-1-8(5-10)3-9(2-7)6-10/h9-11,19H,2-8H2,1H3,(H,14,15);7-9H,1-6,11H2/t9-,11+;/m1./s1. The number of aliphatic carboxylic acids is 1. The third-order valence-corrected chi connectivity index (χ3v) is 7.94. The Kier molecular flexibility index (Phi) is 8.50. The third-order valence-electron chi connectivity index (χ3n) is 7.39. The van der Waals surface area contributed by atoms with Crippen molar-refractivity contribution in [2.75, 3.05) is 19.0 Å². The molecule has 5 aliphatic rings. The first kappa shape index (κ1) is 23.9. The smallest absolute Gasteiger partial charge is 0.347 e. The van der Waals surface area contributed by atoms with Gasteiger partial charge in [0.1, 0.15) is 0 Å². The van der Waals surface area contributed by atoms with Crippen LogP contribution in [-0.4, -0.2) is 47.7 Å². The summed E-state index contributed by atoms with van der Waals surface area (Å²) in [5.74, 6) is 1.76. The second kappa shape index (κ2) is 10.7. The Balaban J connectivity index is 0.000000193. The molecule has 0 aliphatic heterocycles. The summed E-state index contributed by atoms with van der Waals surface area (Å²) in [6.45, 7) is 2.11. The molecule has 0 aromatic rings. The molecule has 3 N–H and O–H groups in total. The molecule has 30 heavy (non-hydrogen) atoms. The topological polar surface area (TPSA) is 98.8 Å². The Labute approximate surface area is 186 Å². The number of rotatable bonds is 8. The summed E-state index contributed by atoms with van der Waals surface area (Å²) < 4.78 is 10.3. The van der Waals surface area contributed by atoms with E-state index in [0.717, 1.165) is 30.6 Å². The van der Waals surface area contributed by atoms with Crippen molar-refractivity contribution in [1.82, 2.24) is 0 Å². The van der Waals surface area contributed by atoms with Gasteiger partial charge in [0.2, 0.25) is 6.10 Å². The Hall–Kier alpha value is -0.790. The van der Waals surface area contributed by atoms with Crippen LogP contribution in [0.2, 0.25) is 0 Å². The van der Waals surface area contributed by atoms with Gasteiger partial charge >= 0.3 is 11.9 Å². The quantitative estimate of drug-likeness (QED) is 0.393. The SMILES string of the molecule is C[C@H](CS)C(=O)O[C@@H](COCC1CCCC1)C(=O)O.NC12CC3CC(CC(C3)C1)C2. The third kappa shape index (κ3) is 6.60. The van der Waals surface area contributed by atoms with Crippen LogP contribution in [0.1, 0.15) is 71.1 Å². The van der Waals surface area contributed by atoms with Crippen LogP contribution < -0.4 is 5.73 Å². The van der Waals surface area contributed by atoms with Gasteiger partial charge in [-0.1, -0.05) is 19.8 Å². The zero-order valence-corrected chi connectivity index (χ0v) is 19.2. The van der Waals surface area contributed by atoms with Gasteiger partial charge in [-0.05, 0) is 75.0 Å². The van der Waals surface area contributed by atoms with Crippen LogP contribution in [0.4, 0.5) is 0 Å². The van der Waals surface area contributed by atoms with Gasteiger partial charge < -0.3 is 20.3 Å². The normalized spacial score (nSPS) is 34.2. The minimum Gasteiger partial charge on any atom is -0.478 e. The highest BCUT2D eigenvalue weighted by molar-refractivity contribution is 7.80. The van der Waals surface area contributed by atoms with Crippen molar-refractivity contribution >= 4 is 24.6 Å². The van der Waals surface area contributed by atoms with Crippen LogP contribution >= 0.6 is 12.6 Å². The molecule has 6 nitrogen and oxygen atoms in total. The van der Waals surface area contributed by atoms with Crippen LogP contribution in [0.15, 0.2) is 0 Å². The zero-order valence-electron chi connectivity index (χ0n) is 18.3. The minimum atomic E-state index is -1.23. The van der Waals surface area contributed by atoms with Crippen molar-refractivity contribution in [3.05, 3.63) is 0 Å². The van der Waals surface area contributed by atoms with Crippen molar-refractivity contribution in [3.63, 3.8) is 0 Å². The molecule has 0 radical (unpaired) electrons. The molecule has 0 heterocycles. The molecule has 2 atom stereocenters. The van der Waals surface area contributed by atoms with E-state index < -0.39 is 24.0 Å². The number of carboxylic acid groups (broad SMARTS) is 1. The number of ether oxygens (including phenoxy) is 2. The molecule has 0 amide bonds. The fourth-order valence-corrected chi connectivity index (χ4v) is 6.33. The van der Waals surface area contributed by atoms with Crippen LogP contribution in [-0.2, 0) is 19.1 Å². The van der Waals surface area contributed by atoms with E-state index in [9.17, 15) is 9.59 Å². The van der Waals surface area contributed by atoms with E-state index in [4.69, 9.17) is 20.3 Å². The molecule has 5 aliphatic carbocycles. The summed E-state index contributed by atoms with van der Waals surface area (Å²) in [6.07, 6.45) is 12.0. The summed E-state index contributed by atoms with van der Waals surface area (Å²) in [6, 6.07) is 0. The molecule has 7 heteroatoms. The second-order valence-electron chi connectivity index (χ2n) is 10.3. The molecule has 5 fully saturated rings. The highest BCUT2D eigenvalue weighted by Gasteiger charge is 2.48. The van der Waals surface area contributed by atoms with Crippen LogP contribution in [0.5, 0.6) is 0 Å². The lowest BCUT2D eigenvalue weighted by Crippen LogP contribution is -2.55. The molecule has 0 aromatic heterocycles. The lowest BCUT2D eigenvalue weighted by atomic mass is 9.53. The Morgan fingerprint density at radius 1 is 1.10 bits per heavy atom. The van der Waals surface area contributed by atoms with Gasteiger partial charge in [-0.3, -0.25) is 4.79 Å². The van der Waals surface area contributed by atoms with Gasteiger partial charge in [0.15, 0.2) is 0 Å². The zero-order chi connectivity index (χ0) is 21.7. The Morgan fingerprint density at radius 2 is 1.63 bits per heavy atom. The molecule has 0 aromatic carbocycles. The maximum absolute atomic E-state index is 11.5. The van der Waals surface area contributed by atoms with Crippen molar-refractivity contribution in [2.45, 2.75) is 82.8 Å². The lowest BCUT2D eigenvalue weighted by Gasteiger charge is -2.55. The largest absolute Gasteiger partial charge is 0.478 e. The minimum absolute atomic E-state index is 0.0864. The first-order valence-corrected chi connectivity index (χ1v) is 12.3. The summed E-state index contributed by atoms with van der Waals surface area (Å²) in [5, 5.41) is 8.99. The van der Waals surface area contributed by atoms with Gasteiger partial charge in [-0.25, -0.2) is 4.79 Å². The number of nitrogens with two attached hydrogens (primary N) is 1. The van der Waals surface area contributed by atoms with E-state index in [1.165, 1.54) is 51.4 Å². The Bertz CT molecular complexity index is 557. The Morgan fingerprint density at radius 3 is 2.07 bits per heavy atom. The molecule has 0 unspecified atom stereocenters. The van der Waals surface area contributed by atoms with Crippen molar-refractivity contribution in [3.8, 4) is 0 Å². The van der Waals surface area contributed by atoms with Crippen LogP contribution in [0, 0.1) is 29.6 Å². The number of hydrogen-bond donors (Lipinski definition) is 3. The summed E-state index contributed by atoms with van der Waals surface area (Å²) >= 11 is 3.98. The predicted molar refractivity (Wildman–Crippen MR) is 118 cm³/mol. The number of esters is 1. The summed E-state index contributed by atoms with van der Waals surface area (Å²) in [5.41, 5.74) is 6.62. The van der Waals surface area contributed by atoms with E-state index in [1.54, 1.807) is 6.92 Å². The molecule has 4 bridgehead atoms. The molecule has 0 saturated heterocycles. The average molecular weight is 442 g/mol. The number of carboxylic acids is 1. The predicted octanol–water partition coefficient (Wildman–Crippen LogP) is 3.67. The van der Waals surface area contributed by atoms with Gasteiger partial charge in [0.25, 0.3) is 0 Å². The van der Waals surface area contributed by atoms with Crippen LogP contribution in [0.25, 0.3) is 0 Å². The van der Waals surface area contributed by atoms with Gasteiger partial charge in [0.05, 0.1) is 12.5 Å². The second-order valence-corrected chi connectivity index (χ2v) is 10.7. The van der Waals surface area contributed by atoms with Crippen molar-refractivity contribution < 1.29 is 24.2 Å². The monoisotopic (exact) mass is 441 g/mol. The van der Waals surface area contributed by atoms with Crippen molar-refractivity contribution in [1.29, 1.82) is 0 Å². The molecular formula is C23H39NO5S. The lowest BCUT2D eigenvalue weighted by molar-refractivity contribution is -0.170. The maximum Gasteiger partial charge on any atom is 0.347 e. The highest BCUT2D eigenvalue weighted by atomic mass is 32.1. The van der Waals surface area contributed by atoms with Crippen molar-refractivity contribution in [2.24, 2.45) is 35.3 Å². The van der Waals surface area contributed by atoms with Crippen LogP contribution in [0.3, 0.4) is 0 Å². The fraction of sp³-hybridized carbons (Fsp3) is 0.913. The van der Waals surface area contributed by atoms with Gasteiger partial charge in [-0.15, -0.1) is 0 Å². The van der Waals surface area contributed by atoms with E-state index >= 15 is 0 Å². The molecule has 5 saturated carbocycles. The first-order valence-electron chi connectivity index (χ1n) is 11.7. The number of carbonyl (C=O) groups excluding carboxylic acids is 1. The van der Waals surface area contributed by atoms with E-state index in [1.807, 2.05) is 0 Å². The summed E-state index contributed by atoms with van der Waals surface area (Å²) in [7, 11) is 0. The fourth-order valence-electron chi connectivity index (χ4n) is 6.18. The molecule has 0 spiro atoms. The maximum atomic E-state index is 11.5. The first-order chi connectivity index (χ1) is 14.3.